The molecule has 72 valence electrons. The van der Waals surface area contributed by atoms with Crippen molar-refractivity contribution in [3.63, 3.8) is 0 Å². The van der Waals surface area contributed by atoms with Gasteiger partial charge in [-0.15, -0.1) is 0 Å². The Bertz CT molecular complexity index is 357. The van der Waals surface area contributed by atoms with E-state index in [2.05, 4.69) is 4.99 Å². The molecule has 0 aromatic heterocycles. The van der Waals surface area contributed by atoms with Crippen molar-refractivity contribution >= 4 is 22.3 Å². The van der Waals surface area contributed by atoms with Crippen LogP contribution in [0.2, 0.25) is 0 Å². The van der Waals surface area contributed by atoms with Crippen molar-refractivity contribution in [2.75, 3.05) is 12.9 Å². The van der Waals surface area contributed by atoms with Crippen molar-refractivity contribution in [1.29, 1.82) is 0 Å². The molecular formula is C6H9N3O3S. The monoisotopic (exact) mass is 203 g/mol. The lowest BCUT2D eigenvalue weighted by Crippen LogP contribution is -2.40. The van der Waals surface area contributed by atoms with E-state index in [1.54, 1.807) is 6.08 Å². The summed E-state index contributed by atoms with van der Waals surface area (Å²) in [6, 6.07) is -0.699. The number of nitrogens with one attached hydrogen (secondary N) is 1. The van der Waals surface area contributed by atoms with Gasteiger partial charge in [0.15, 0.2) is 0 Å². The number of aliphatic imine (C=N–C) groups is 1. The minimum atomic E-state index is -3.50. The Morgan fingerprint density at radius 3 is 2.77 bits per heavy atom. The summed E-state index contributed by atoms with van der Waals surface area (Å²) in [7, 11) is -3.50. The van der Waals surface area contributed by atoms with E-state index in [4.69, 9.17) is 0 Å². The van der Waals surface area contributed by atoms with Crippen LogP contribution in [0.25, 0.3) is 0 Å². The number of nitrogens with zero attached hydrogens (tertiary/aromatic N) is 2. The smallest absolute Gasteiger partial charge is 0.280 e. The topological polar surface area (TPSA) is 78.8 Å². The average Bonchev–Trinajstić information content (AvgIpc) is 2.03. The number of hydrogen-bond donors (Lipinski definition) is 1. The number of hydrogen-bond acceptors (Lipinski definition) is 4. The van der Waals surface area contributed by atoms with Gasteiger partial charge in [0, 0.05) is 12.4 Å². The summed E-state index contributed by atoms with van der Waals surface area (Å²) in [5, 5.41) is 0. The molecule has 0 aromatic rings. The normalized spacial score (nSPS) is 15.9. The SMILES string of the molecule is CS(=O)(=O)NC(=O)N1C=CC=NC1. The fraction of sp³-hybridized carbons (Fsp3) is 0.333. The molecule has 13 heavy (non-hydrogen) atoms. The fourth-order valence-electron chi connectivity index (χ4n) is 0.735. The second kappa shape index (κ2) is 3.56. The van der Waals surface area contributed by atoms with Crippen LogP contribution in [0.1, 0.15) is 0 Å². The maximum absolute atomic E-state index is 11.1. The summed E-state index contributed by atoms with van der Waals surface area (Å²) in [6.45, 7) is 0.137. The standard InChI is InChI=1S/C6H9N3O3S/c1-13(11,12)8-6(10)9-4-2-3-7-5-9/h2-4H,5H2,1H3,(H,8,10). The van der Waals surface area contributed by atoms with Gasteiger partial charge in [-0.3, -0.25) is 9.89 Å². The zero-order chi connectivity index (χ0) is 9.90. The van der Waals surface area contributed by atoms with Gasteiger partial charge in [0.25, 0.3) is 0 Å². The van der Waals surface area contributed by atoms with Gasteiger partial charge in [0.05, 0.1) is 6.26 Å². The van der Waals surface area contributed by atoms with Gasteiger partial charge in [0.2, 0.25) is 10.0 Å². The second-order valence-electron chi connectivity index (χ2n) is 2.46. The van der Waals surface area contributed by atoms with E-state index in [0.29, 0.717) is 0 Å². The summed E-state index contributed by atoms with van der Waals surface area (Å²) in [4.78, 5) is 16.0. The Kier molecular flexibility index (Phi) is 2.66. The van der Waals surface area contributed by atoms with E-state index in [-0.39, 0.29) is 6.67 Å². The minimum absolute atomic E-state index is 0.137. The highest BCUT2D eigenvalue weighted by Crippen LogP contribution is 1.96. The van der Waals surface area contributed by atoms with Crippen LogP contribution in [0.15, 0.2) is 17.3 Å². The molecule has 0 atom stereocenters. The maximum Gasteiger partial charge on any atom is 0.336 e. The molecule has 1 aliphatic rings. The van der Waals surface area contributed by atoms with E-state index in [0.717, 1.165) is 11.2 Å². The van der Waals surface area contributed by atoms with Crippen molar-refractivity contribution in [3.8, 4) is 0 Å². The van der Waals surface area contributed by atoms with Gasteiger partial charge in [-0.05, 0) is 6.08 Å². The molecule has 0 fully saturated rings. The fourth-order valence-corrected chi connectivity index (χ4v) is 1.17. The lowest BCUT2D eigenvalue weighted by molar-refractivity contribution is 0.222. The van der Waals surface area contributed by atoms with E-state index >= 15 is 0 Å². The summed E-state index contributed by atoms with van der Waals surface area (Å²) < 4.78 is 23.1. The van der Waals surface area contributed by atoms with Gasteiger partial charge in [-0.2, -0.15) is 0 Å². The molecule has 7 heteroatoms. The molecule has 1 aliphatic heterocycles. The van der Waals surface area contributed by atoms with Crippen molar-refractivity contribution < 1.29 is 13.2 Å². The van der Waals surface area contributed by atoms with Crippen LogP contribution in [-0.4, -0.2) is 38.5 Å². The van der Waals surface area contributed by atoms with Gasteiger partial charge >= 0.3 is 6.03 Å². The predicted octanol–water partition coefficient (Wildman–Crippen LogP) is -0.487. The summed E-state index contributed by atoms with van der Waals surface area (Å²) >= 11 is 0. The third-order valence-corrected chi connectivity index (χ3v) is 1.77. The number of sulfonamides is 1. The molecule has 1 heterocycles. The second-order valence-corrected chi connectivity index (χ2v) is 4.21. The predicted molar refractivity (Wildman–Crippen MR) is 47.7 cm³/mol. The van der Waals surface area contributed by atoms with E-state index in [1.165, 1.54) is 12.4 Å². The summed E-state index contributed by atoms with van der Waals surface area (Å²) in [5.74, 6) is 0. The minimum Gasteiger partial charge on any atom is -0.280 e. The molecule has 0 bridgehead atoms. The number of carbonyl (C=O) groups excluding carboxylic acids is 1. The largest absolute Gasteiger partial charge is 0.336 e. The van der Waals surface area contributed by atoms with Crippen molar-refractivity contribution in [1.82, 2.24) is 9.62 Å². The Morgan fingerprint density at radius 1 is 1.62 bits per heavy atom. The quantitative estimate of drug-likeness (QED) is 0.624. The Hall–Kier alpha value is -1.37. The van der Waals surface area contributed by atoms with Gasteiger partial charge < -0.3 is 0 Å². The van der Waals surface area contributed by atoms with Crippen LogP contribution in [0.5, 0.6) is 0 Å². The highest BCUT2D eigenvalue weighted by Gasteiger charge is 2.14. The highest BCUT2D eigenvalue weighted by atomic mass is 32.2. The molecular weight excluding hydrogens is 194 g/mol. The number of rotatable bonds is 1. The summed E-state index contributed by atoms with van der Waals surface area (Å²) in [5.41, 5.74) is 0. The Labute approximate surface area is 76.0 Å². The summed E-state index contributed by atoms with van der Waals surface area (Å²) in [6.07, 6.45) is 5.45. The molecule has 1 N–H and O–H groups in total. The molecule has 0 unspecified atom stereocenters. The first kappa shape index (κ1) is 9.72. The number of carbonyl (C=O) groups is 1. The zero-order valence-electron chi connectivity index (χ0n) is 6.97. The molecule has 0 aromatic carbocycles. The van der Waals surface area contributed by atoms with Crippen LogP contribution >= 0.6 is 0 Å². The molecule has 0 saturated carbocycles. The number of urea groups is 1. The highest BCUT2D eigenvalue weighted by molar-refractivity contribution is 7.89. The molecule has 6 nitrogen and oxygen atoms in total. The van der Waals surface area contributed by atoms with E-state index in [9.17, 15) is 13.2 Å². The van der Waals surface area contributed by atoms with Crippen LogP contribution in [0.3, 0.4) is 0 Å². The van der Waals surface area contributed by atoms with E-state index < -0.39 is 16.1 Å². The van der Waals surface area contributed by atoms with Gasteiger partial charge in [-0.25, -0.2) is 17.9 Å². The van der Waals surface area contributed by atoms with Crippen molar-refractivity contribution in [3.05, 3.63) is 12.3 Å². The Morgan fingerprint density at radius 2 is 2.31 bits per heavy atom. The van der Waals surface area contributed by atoms with Crippen LogP contribution in [-0.2, 0) is 10.0 Å². The van der Waals surface area contributed by atoms with Gasteiger partial charge in [-0.1, -0.05) is 0 Å². The average molecular weight is 203 g/mol. The molecule has 0 radical (unpaired) electrons. The number of allylic oxidation sites excluding steroid dienone is 1. The van der Waals surface area contributed by atoms with Crippen molar-refractivity contribution in [2.45, 2.75) is 0 Å². The number of amides is 2. The molecule has 0 spiro atoms. The lowest BCUT2D eigenvalue weighted by atomic mass is 10.5. The Balaban J connectivity index is 2.59. The van der Waals surface area contributed by atoms with E-state index in [1.807, 2.05) is 4.72 Å². The third kappa shape index (κ3) is 3.24. The van der Waals surface area contributed by atoms with Crippen molar-refractivity contribution in [2.24, 2.45) is 4.99 Å². The first-order chi connectivity index (χ1) is 5.99. The van der Waals surface area contributed by atoms with Crippen LogP contribution in [0.4, 0.5) is 4.79 Å². The lowest BCUT2D eigenvalue weighted by Gasteiger charge is -2.17. The third-order valence-electron chi connectivity index (χ3n) is 1.23. The zero-order valence-corrected chi connectivity index (χ0v) is 7.78. The first-order valence-corrected chi connectivity index (χ1v) is 5.33. The van der Waals surface area contributed by atoms with Crippen LogP contribution < -0.4 is 4.72 Å². The van der Waals surface area contributed by atoms with Gasteiger partial charge in [0.1, 0.15) is 6.67 Å². The van der Waals surface area contributed by atoms with Crippen LogP contribution in [0, 0.1) is 0 Å². The molecule has 1 rings (SSSR count). The molecule has 2 amide bonds. The first-order valence-electron chi connectivity index (χ1n) is 3.44. The molecule has 0 saturated heterocycles. The maximum atomic E-state index is 11.1. The molecule has 0 aliphatic carbocycles.